The monoisotopic (exact) mass is 578 g/mol. The van der Waals surface area contributed by atoms with Crippen LogP contribution in [0.1, 0.15) is 31.0 Å². The van der Waals surface area contributed by atoms with E-state index in [4.69, 9.17) is 14.2 Å². The first-order valence-corrected chi connectivity index (χ1v) is 17.7. The number of cyclic esters (lactones) is 1. The molecule has 2 aliphatic rings. The van der Waals surface area contributed by atoms with Crippen molar-refractivity contribution < 1.29 is 24.1 Å². The lowest BCUT2D eigenvalue weighted by molar-refractivity contribution is 0.0250. The first-order chi connectivity index (χ1) is 19.8. The van der Waals surface area contributed by atoms with Gasteiger partial charge in [0.2, 0.25) is 0 Å². The van der Waals surface area contributed by atoms with E-state index in [0.29, 0.717) is 31.0 Å². The van der Waals surface area contributed by atoms with E-state index >= 15 is 0 Å². The molecule has 2 aliphatic heterocycles. The predicted molar refractivity (Wildman–Crippen MR) is 161 cm³/mol. The summed E-state index contributed by atoms with van der Waals surface area (Å²) in [5, 5.41) is 19.1. The fraction of sp³-hybridized carbons (Fsp3) is 0.516. The molecule has 220 valence electrons. The van der Waals surface area contributed by atoms with Gasteiger partial charge in [-0.1, -0.05) is 54.7 Å². The van der Waals surface area contributed by atoms with Gasteiger partial charge in [-0.05, 0) is 60.6 Å². The fourth-order valence-corrected chi connectivity index (χ4v) is 10.7. The Morgan fingerprint density at radius 1 is 1.05 bits per heavy atom. The van der Waals surface area contributed by atoms with Gasteiger partial charge in [0.25, 0.3) is 0 Å². The molecule has 10 heteroatoms. The molecule has 0 bridgehead atoms. The number of aliphatic hydroxyl groups excluding tert-OH is 1. The second kappa shape index (κ2) is 12.8. The second-order valence-electron chi connectivity index (χ2n) is 11.8. The van der Waals surface area contributed by atoms with Gasteiger partial charge >= 0.3 is 6.09 Å². The van der Waals surface area contributed by atoms with Crippen LogP contribution in [0.15, 0.2) is 54.7 Å². The number of benzene rings is 2. The van der Waals surface area contributed by atoms with Gasteiger partial charge in [-0.15, -0.1) is 5.10 Å². The molecule has 0 radical (unpaired) electrons. The summed E-state index contributed by atoms with van der Waals surface area (Å²) < 4.78 is 19.3. The average molecular weight is 579 g/mol. The van der Waals surface area contributed by atoms with Crippen LogP contribution in [0, 0.1) is 5.92 Å². The van der Waals surface area contributed by atoms with Gasteiger partial charge in [0.05, 0.1) is 39.6 Å². The Labute approximate surface area is 243 Å². The van der Waals surface area contributed by atoms with Crippen LogP contribution in [0.2, 0.25) is 18.6 Å². The first-order valence-electron chi connectivity index (χ1n) is 14.6. The van der Waals surface area contributed by atoms with E-state index in [0.717, 1.165) is 42.9 Å². The van der Waals surface area contributed by atoms with Crippen molar-refractivity contribution in [3.05, 3.63) is 66.0 Å². The molecule has 2 saturated heterocycles. The zero-order valence-corrected chi connectivity index (χ0v) is 25.5. The number of carbonyl (C=O) groups excluding carboxylic acids is 1. The third-order valence-corrected chi connectivity index (χ3v) is 13.3. The lowest BCUT2D eigenvalue weighted by atomic mass is 9.95. The van der Waals surface area contributed by atoms with Crippen molar-refractivity contribution in [1.82, 2.24) is 15.0 Å². The molecule has 3 aromatic rings. The van der Waals surface area contributed by atoms with Crippen LogP contribution >= 0.6 is 0 Å². The van der Waals surface area contributed by atoms with Crippen molar-refractivity contribution in [2.24, 2.45) is 5.92 Å². The summed E-state index contributed by atoms with van der Waals surface area (Å²) in [7, 11) is -0.238. The van der Waals surface area contributed by atoms with Crippen LogP contribution < -0.4 is 14.8 Å². The molecule has 41 heavy (non-hydrogen) atoms. The number of carbonyl (C=O) groups is 1. The van der Waals surface area contributed by atoms with Gasteiger partial charge < -0.3 is 19.3 Å². The number of hydrogen-bond donors (Lipinski definition) is 1. The summed E-state index contributed by atoms with van der Waals surface area (Å²) in [6, 6.07) is 16.9. The molecule has 5 rings (SSSR count). The molecule has 9 nitrogen and oxygen atoms in total. The highest BCUT2D eigenvalue weighted by atomic mass is 28.3. The number of nitrogens with zero attached hydrogens (tertiary/aromatic N) is 4. The average Bonchev–Trinajstić information content (AvgIpc) is 3.70. The molecule has 0 aliphatic carbocycles. The molecular weight excluding hydrogens is 536 g/mol. The smallest absolute Gasteiger partial charge is 0.414 e. The second-order valence-corrected chi connectivity index (χ2v) is 16.4. The summed E-state index contributed by atoms with van der Waals surface area (Å²) in [6.07, 6.45) is 5.16. The van der Waals surface area contributed by atoms with Gasteiger partial charge in [-0.25, -0.2) is 4.79 Å². The first kappa shape index (κ1) is 29.3. The van der Waals surface area contributed by atoms with Crippen molar-refractivity contribution >= 4 is 25.0 Å². The van der Waals surface area contributed by atoms with Crippen molar-refractivity contribution in [3.63, 3.8) is 0 Å². The molecule has 3 heterocycles. The summed E-state index contributed by atoms with van der Waals surface area (Å²) in [5.74, 6) is 1.28. The number of aliphatic hydroxyl groups is 1. The van der Waals surface area contributed by atoms with E-state index in [2.05, 4.69) is 66.7 Å². The van der Waals surface area contributed by atoms with E-state index in [9.17, 15) is 9.90 Å². The van der Waals surface area contributed by atoms with Crippen molar-refractivity contribution in [2.45, 2.75) is 70.0 Å². The standard InChI is InChI=1S/C31H42N4O5Si/c1-22-28(14-7-23-5-8-25(9-6-23)35-18-20-39-31(35)37)40-29(15-17-34-21-24(16-19-36)32-33-34)30(22)41(3,4)27-12-10-26(38-2)11-13-27/h5-6,8-13,21-22,28-30,36H,7,14-20H2,1-4H3/t22-,28+,29-,30+/m1/s1. The minimum absolute atomic E-state index is 0.0703. The fourth-order valence-electron chi connectivity index (χ4n) is 6.63. The SMILES string of the molecule is COc1ccc([Si](C)(C)[C@H]2[C@H](C)[C@H](CCc3ccc(N4CCOC4=O)cc3)O[C@@H]2CCn2cc(CCO)nn2)cc1. The molecule has 0 unspecified atom stereocenters. The van der Waals surface area contributed by atoms with Crippen LogP contribution in [0.25, 0.3) is 0 Å². The van der Waals surface area contributed by atoms with Crippen LogP contribution in [0.5, 0.6) is 5.75 Å². The summed E-state index contributed by atoms with van der Waals surface area (Å²) >= 11 is 0. The highest BCUT2D eigenvalue weighted by Gasteiger charge is 2.50. The van der Waals surface area contributed by atoms with Crippen LogP contribution in [0.4, 0.5) is 10.5 Å². The normalized spacial score (nSPS) is 22.8. The minimum Gasteiger partial charge on any atom is -0.497 e. The van der Waals surface area contributed by atoms with E-state index in [1.807, 2.05) is 23.0 Å². The van der Waals surface area contributed by atoms with Crippen molar-refractivity contribution in [3.8, 4) is 5.75 Å². The maximum atomic E-state index is 11.9. The molecule has 1 N–H and O–H groups in total. The van der Waals surface area contributed by atoms with Crippen LogP contribution in [0.3, 0.4) is 0 Å². The molecular formula is C31H42N4O5Si. The predicted octanol–water partition coefficient (Wildman–Crippen LogP) is 4.19. The van der Waals surface area contributed by atoms with Gasteiger partial charge in [0, 0.05) is 31.5 Å². The van der Waals surface area contributed by atoms with Crippen LogP contribution in [-0.2, 0) is 28.9 Å². The zero-order chi connectivity index (χ0) is 29.0. The van der Waals surface area contributed by atoms with Gasteiger partial charge in [-0.2, -0.15) is 0 Å². The Kier molecular flexibility index (Phi) is 9.11. The Hall–Kier alpha value is -3.21. The Morgan fingerprint density at radius 2 is 1.80 bits per heavy atom. The Balaban J connectivity index is 1.30. The van der Waals surface area contributed by atoms with Gasteiger partial charge in [0.1, 0.15) is 12.4 Å². The number of rotatable bonds is 12. The highest BCUT2D eigenvalue weighted by molar-refractivity contribution is 6.91. The number of hydrogen-bond acceptors (Lipinski definition) is 7. The van der Waals surface area contributed by atoms with E-state index in [1.54, 1.807) is 12.0 Å². The van der Waals surface area contributed by atoms with E-state index < -0.39 is 8.07 Å². The van der Waals surface area contributed by atoms with E-state index in [1.165, 1.54) is 10.8 Å². The summed E-state index contributed by atoms with van der Waals surface area (Å²) in [5.41, 5.74) is 3.36. The van der Waals surface area contributed by atoms with Crippen molar-refractivity contribution in [2.75, 3.05) is 31.8 Å². The molecule has 1 aromatic heterocycles. The van der Waals surface area contributed by atoms with Crippen molar-refractivity contribution in [1.29, 1.82) is 0 Å². The third kappa shape index (κ3) is 6.50. The molecule has 4 atom stereocenters. The number of amides is 1. The quantitative estimate of drug-likeness (QED) is 0.322. The number of anilines is 1. The Bertz CT molecular complexity index is 1300. The third-order valence-electron chi connectivity index (χ3n) is 8.89. The number of aromatic nitrogens is 3. The van der Waals surface area contributed by atoms with Gasteiger partial charge in [0.15, 0.2) is 0 Å². The summed E-state index contributed by atoms with van der Waals surface area (Å²) in [4.78, 5) is 13.6. The topological polar surface area (TPSA) is 98.9 Å². The zero-order valence-electron chi connectivity index (χ0n) is 24.5. The largest absolute Gasteiger partial charge is 0.497 e. The van der Waals surface area contributed by atoms with E-state index in [-0.39, 0.29) is 24.9 Å². The lowest BCUT2D eigenvalue weighted by Gasteiger charge is -2.36. The molecule has 0 saturated carbocycles. The lowest BCUT2D eigenvalue weighted by Crippen LogP contribution is -2.50. The number of ether oxygens (including phenoxy) is 3. The minimum atomic E-state index is -1.94. The Morgan fingerprint density at radius 3 is 2.46 bits per heavy atom. The molecule has 2 fully saturated rings. The molecule has 1 amide bonds. The summed E-state index contributed by atoms with van der Waals surface area (Å²) in [6.45, 7) is 9.13. The number of methoxy groups -OCH3 is 1. The van der Waals surface area contributed by atoms with Crippen LogP contribution in [-0.4, -0.2) is 73.3 Å². The molecule has 0 spiro atoms. The maximum absolute atomic E-state index is 11.9. The maximum Gasteiger partial charge on any atom is 0.414 e. The van der Waals surface area contributed by atoms with Gasteiger partial charge in [-0.3, -0.25) is 9.58 Å². The number of aryl methyl sites for hydroxylation is 2. The highest BCUT2D eigenvalue weighted by Crippen LogP contribution is 2.46. The molecule has 2 aromatic carbocycles.